The Morgan fingerprint density at radius 1 is 1.22 bits per heavy atom. The number of carboxylic acids is 1. The summed E-state index contributed by atoms with van der Waals surface area (Å²) >= 11 is 5.92. The van der Waals surface area contributed by atoms with Crippen LogP contribution in [0.5, 0.6) is 0 Å². The van der Waals surface area contributed by atoms with E-state index in [1.54, 1.807) is 0 Å². The van der Waals surface area contributed by atoms with Gasteiger partial charge in [-0.15, -0.1) is 0 Å². The number of hydrogen-bond acceptors (Lipinski definition) is 3. The van der Waals surface area contributed by atoms with Crippen molar-refractivity contribution in [2.45, 2.75) is 25.3 Å². The van der Waals surface area contributed by atoms with Gasteiger partial charge < -0.3 is 15.3 Å². The third kappa shape index (κ3) is 2.62. The van der Waals surface area contributed by atoms with Crippen LogP contribution in [0, 0.1) is 10.8 Å². The first-order valence-electron chi connectivity index (χ1n) is 7.72. The van der Waals surface area contributed by atoms with Gasteiger partial charge in [0, 0.05) is 11.6 Å². The molecule has 6 heteroatoms. The molecule has 0 spiro atoms. The molecule has 0 aromatic heterocycles. The van der Waals surface area contributed by atoms with Crippen LogP contribution in [0.1, 0.15) is 30.9 Å². The molecule has 3 saturated carbocycles. The van der Waals surface area contributed by atoms with Crippen LogP contribution in [0.25, 0.3) is 0 Å². The molecule has 3 fully saturated rings. The fourth-order valence-electron chi connectivity index (χ4n) is 3.92. The van der Waals surface area contributed by atoms with E-state index in [0.29, 0.717) is 30.8 Å². The number of carbonyl (C=O) groups is 2. The summed E-state index contributed by atoms with van der Waals surface area (Å²) in [6, 6.07) is 7.65. The topological polar surface area (TPSA) is 69.6 Å². The highest BCUT2D eigenvalue weighted by molar-refractivity contribution is 6.30. The summed E-state index contributed by atoms with van der Waals surface area (Å²) in [5.74, 6) is -0.777. The number of likely N-dealkylation sites (N-methyl/N-ethyl adjacent to an activating group) is 1. The maximum absolute atomic E-state index is 12.4. The van der Waals surface area contributed by atoms with Gasteiger partial charge in [-0.05, 0) is 51.1 Å². The average molecular weight is 337 g/mol. The lowest BCUT2D eigenvalue weighted by molar-refractivity contribution is -0.220. The van der Waals surface area contributed by atoms with E-state index < -0.39 is 16.8 Å². The monoisotopic (exact) mass is 336 g/mol. The predicted octanol–water partition coefficient (Wildman–Crippen LogP) is 2.31. The largest absolute Gasteiger partial charge is 0.481 e. The molecule has 5 nitrogen and oxygen atoms in total. The van der Waals surface area contributed by atoms with Crippen molar-refractivity contribution in [3.05, 3.63) is 34.9 Å². The third-order valence-electron chi connectivity index (χ3n) is 5.30. The van der Waals surface area contributed by atoms with Crippen LogP contribution in [0.4, 0.5) is 0 Å². The Kier molecular flexibility index (Phi) is 3.89. The highest BCUT2D eigenvalue weighted by atomic mass is 35.5. The Morgan fingerprint density at radius 2 is 1.78 bits per heavy atom. The van der Waals surface area contributed by atoms with Gasteiger partial charge in [0.25, 0.3) is 0 Å². The van der Waals surface area contributed by atoms with E-state index >= 15 is 0 Å². The molecule has 1 unspecified atom stereocenters. The first-order valence-corrected chi connectivity index (χ1v) is 8.09. The molecule has 0 saturated heterocycles. The average Bonchev–Trinajstić information content (AvgIpc) is 2.37. The fourth-order valence-corrected chi connectivity index (χ4v) is 4.04. The maximum atomic E-state index is 12.4. The van der Waals surface area contributed by atoms with Gasteiger partial charge in [-0.1, -0.05) is 23.7 Å². The third-order valence-corrected chi connectivity index (χ3v) is 5.55. The summed E-state index contributed by atoms with van der Waals surface area (Å²) in [6.45, 7) is 0.495. The number of nitrogens with zero attached hydrogens (tertiary/aromatic N) is 1. The quantitative estimate of drug-likeness (QED) is 0.836. The molecular formula is C17H21ClN2O3. The lowest BCUT2D eigenvalue weighted by atomic mass is 9.35. The van der Waals surface area contributed by atoms with Gasteiger partial charge in [0.15, 0.2) is 0 Å². The van der Waals surface area contributed by atoms with E-state index in [4.69, 9.17) is 16.7 Å². The minimum atomic E-state index is -0.764. The van der Waals surface area contributed by atoms with Gasteiger partial charge in [-0.25, -0.2) is 0 Å². The highest BCUT2D eigenvalue weighted by Gasteiger charge is 2.75. The van der Waals surface area contributed by atoms with E-state index in [1.165, 1.54) is 0 Å². The van der Waals surface area contributed by atoms with Gasteiger partial charge in [0.1, 0.15) is 0 Å². The van der Waals surface area contributed by atoms with E-state index in [-0.39, 0.29) is 11.9 Å². The van der Waals surface area contributed by atoms with Crippen LogP contribution in [-0.4, -0.2) is 42.5 Å². The number of hydrogen-bond donors (Lipinski definition) is 2. The summed E-state index contributed by atoms with van der Waals surface area (Å²) in [6.07, 6.45) is 1.44. The van der Waals surface area contributed by atoms with Crippen LogP contribution in [0.2, 0.25) is 5.02 Å². The smallest absolute Gasteiger partial charge is 0.309 e. The zero-order valence-electron chi connectivity index (χ0n) is 13.3. The van der Waals surface area contributed by atoms with Crippen molar-refractivity contribution in [3.8, 4) is 0 Å². The van der Waals surface area contributed by atoms with Crippen LogP contribution in [0.15, 0.2) is 24.3 Å². The molecular weight excluding hydrogens is 316 g/mol. The number of nitrogens with one attached hydrogen (secondary N) is 1. The molecule has 4 rings (SSSR count). The van der Waals surface area contributed by atoms with E-state index in [9.17, 15) is 9.59 Å². The summed E-state index contributed by atoms with van der Waals surface area (Å²) in [5.41, 5.74) is 0.0308. The lowest BCUT2D eigenvalue weighted by Gasteiger charge is -2.66. The second kappa shape index (κ2) is 5.49. The molecule has 124 valence electrons. The van der Waals surface area contributed by atoms with Crippen LogP contribution in [-0.2, 0) is 9.59 Å². The number of carbonyl (C=O) groups excluding carboxylic acids is 1. The molecule has 3 aliphatic rings. The minimum absolute atomic E-state index is 0.0126. The summed E-state index contributed by atoms with van der Waals surface area (Å²) < 4.78 is 0. The van der Waals surface area contributed by atoms with Crippen LogP contribution >= 0.6 is 11.6 Å². The highest BCUT2D eigenvalue weighted by Crippen LogP contribution is 2.73. The van der Waals surface area contributed by atoms with Crippen molar-refractivity contribution in [2.75, 3.05) is 20.6 Å². The molecule has 0 heterocycles. The van der Waals surface area contributed by atoms with Crippen molar-refractivity contribution >= 4 is 23.5 Å². The van der Waals surface area contributed by atoms with Crippen molar-refractivity contribution < 1.29 is 14.7 Å². The molecule has 2 N–H and O–H groups in total. The van der Waals surface area contributed by atoms with Crippen molar-refractivity contribution in [1.82, 2.24) is 10.2 Å². The summed E-state index contributed by atoms with van der Waals surface area (Å²) in [5, 5.41) is 12.8. The zero-order valence-corrected chi connectivity index (χ0v) is 14.1. The van der Waals surface area contributed by atoms with E-state index in [2.05, 4.69) is 5.32 Å². The Bertz CT molecular complexity index is 622. The lowest BCUT2D eigenvalue weighted by Crippen LogP contribution is -2.70. The van der Waals surface area contributed by atoms with E-state index in [1.807, 2.05) is 43.3 Å². The van der Waals surface area contributed by atoms with E-state index in [0.717, 1.165) is 5.56 Å². The Labute approximate surface area is 140 Å². The predicted molar refractivity (Wildman–Crippen MR) is 87.2 cm³/mol. The summed E-state index contributed by atoms with van der Waals surface area (Å²) in [7, 11) is 3.93. The normalized spacial score (nSPS) is 29.4. The first-order chi connectivity index (χ1) is 10.8. The molecule has 1 aromatic rings. The Balaban J connectivity index is 1.59. The van der Waals surface area contributed by atoms with Gasteiger partial charge in [-0.2, -0.15) is 0 Å². The molecule has 2 bridgehead atoms. The van der Waals surface area contributed by atoms with Gasteiger partial charge >= 0.3 is 5.97 Å². The van der Waals surface area contributed by atoms with Crippen LogP contribution in [0.3, 0.4) is 0 Å². The number of aliphatic carboxylic acids is 1. The number of carboxylic acid groups (broad SMARTS) is 1. The van der Waals surface area contributed by atoms with Gasteiger partial charge in [0.05, 0.1) is 16.9 Å². The van der Waals surface area contributed by atoms with Gasteiger partial charge in [0.2, 0.25) is 5.91 Å². The van der Waals surface area contributed by atoms with Crippen molar-refractivity contribution in [3.63, 3.8) is 0 Å². The van der Waals surface area contributed by atoms with Gasteiger partial charge in [-0.3, -0.25) is 9.59 Å². The Morgan fingerprint density at radius 3 is 2.26 bits per heavy atom. The molecule has 1 aromatic carbocycles. The number of rotatable bonds is 6. The molecule has 1 atom stereocenters. The Hall–Kier alpha value is -1.59. The molecule has 1 amide bonds. The minimum Gasteiger partial charge on any atom is -0.481 e. The van der Waals surface area contributed by atoms with Crippen LogP contribution < -0.4 is 5.32 Å². The SMILES string of the molecule is CN(C)C(CNC(=O)C12CC(C(=O)O)(C1)C2)c1ccc(Cl)cc1. The molecule has 3 aliphatic carbocycles. The number of halogens is 1. The fraction of sp³-hybridized carbons (Fsp3) is 0.529. The first kappa shape index (κ1) is 16.3. The summed E-state index contributed by atoms with van der Waals surface area (Å²) in [4.78, 5) is 25.6. The number of benzene rings is 1. The second-order valence-corrected chi connectivity index (χ2v) is 7.57. The number of amides is 1. The maximum Gasteiger partial charge on any atom is 0.309 e. The molecule has 23 heavy (non-hydrogen) atoms. The van der Waals surface area contributed by atoms with Crippen molar-refractivity contribution in [1.29, 1.82) is 0 Å². The molecule has 0 aliphatic heterocycles. The standard InChI is InChI=1S/C17H21ClN2O3/c1-20(2)13(11-3-5-12(18)6-4-11)7-19-14(21)16-8-17(9-16,10-16)15(22)23/h3-6,13H,7-10H2,1-2H3,(H,19,21)(H,22,23). The molecule has 0 radical (unpaired) electrons. The zero-order chi connectivity index (χ0) is 16.8. The second-order valence-electron chi connectivity index (χ2n) is 7.14. The van der Waals surface area contributed by atoms with Crippen molar-refractivity contribution in [2.24, 2.45) is 10.8 Å².